The summed E-state index contributed by atoms with van der Waals surface area (Å²) in [5.74, 6) is -0.358. The van der Waals surface area contributed by atoms with Gasteiger partial charge in [0.25, 0.3) is 0 Å². The van der Waals surface area contributed by atoms with E-state index in [9.17, 15) is 14.7 Å². The summed E-state index contributed by atoms with van der Waals surface area (Å²) in [7, 11) is 0. The molecule has 0 saturated carbocycles. The van der Waals surface area contributed by atoms with Crippen molar-refractivity contribution in [2.75, 3.05) is 26.4 Å². The summed E-state index contributed by atoms with van der Waals surface area (Å²) in [6.45, 7) is 17.4. The van der Waals surface area contributed by atoms with Crippen molar-refractivity contribution in [3.8, 4) is 0 Å². The van der Waals surface area contributed by atoms with E-state index in [1.54, 1.807) is 20.8 Å². The molecule has 0 saturated heterocycles. The molecule has 3 atom stereocenters. The Bertz CT molecular complexity index is 858. The molecule has 2 unspecified atom stereocenters. The lowest BCUT2D eigenvalue weighted by atomic mass is 10.1. The van der Waals surface area contributed by atoms with Gasteiger partial charge < -0.3 is 34.7 Å². The van der Waals surface area contributed by atoms with Gasteiger partial charge in [-0.05, 0) is 60.8 Å². The average Bonchev–Trinajstić information content (AvgIpc) is 3.09. The molecule has 0 aliphatic rings. The number of aliphatic hydroxyl groups excluding tert-OH is 1. The molecule has 2 amide bonds. The first kappa shape index (κ1) is 52.6. The predicted molar refractivity (Wildman–Crippen MR) is 225 cm³/mol. The Morgan fingerprint density at radius 3 is 1.43 bits per heavy atom. The Labute approximate surface area is 333 Å². The lowest BCUT2D eigenvalue weighted by molar-refractivity contribution is -0.169. The van der Waals surface area contributed by atoms with Gasteiger partial charge in [-0.3, -0.25) is 4.79 Å². The molecule has 0 heterocycles. The molecule has 0 aromatic carbocycles. The van der Waals surface area contributed by atoms with Gasteiger partial charge in [-0.1, -0.05) is 155 Å². The van der Waals surface area contributed by atoms with Crippen LogP contribution in [-0.4, -0.2) is 73.1 Å². The highest BCUT2D eigenvalue weighted by Gasteiger charge is 2.27. The van der Waals surface area contributed by atoms with Crippen molar-refractivity contribution < 1.29 is 33.6 Å². The number of rotatable bonds is 37. The van der Waals surface area contributed by atoms with Gasteiger partial charge in [-0.15, -0.1) is 0 Å². The molecule has 9 nitrogen and oxygen atoms in total. The third-order valence-electron chi connectivity index (χ3n) is 9.50. The number of hydrogen-bond donors (Lipinski definition) is 3. The minimum atomic E-state index is -1.07. The van der Waals surface area contributed by atoms with Crippen molar-refractivity contribution in [2.24, 2.45) is 0 Å². The number of nitrogens with one attached hydrogen (secondary N) is 2. The van der Waals surface area contributed by atoms with Crippen LogP contribution in [0.15, 0.2) is 0 Å². The number of alkyl carbamates (subject to hydrolysis) is 1. The molecule has 0 aromatic rings. The summed E-state index contributed by atoms with van der Waals surface area (Å²) in [6.07, 6.45) is 29.4. The number of carbonyl (C=O) groups is 2. The second-order valence-electron chi connectivity index (χ2n) is 17.6. The minimum absolute atomic E-state index is 0.173. The van der Waals surface area contributed by atoms with Gasteiger partial charge in [0.15, 0.2) is 6.29 Å². The summed E-state index contributed by atoms with van der Waals surface area (Å²) in [4.78, 5) is 26.1. The fraction of sp³-hybridized carbons (Fsp3) is 0.956. The largest absolute Gasteiger partial charge is 0.444 e. The Hall–Kier alpha value is -1.42. The number of hydrogen-bond acceptors (Lipinski definition) is 7. The summed E-state index contributed by atoms with van der Waals surface area (Å²) in [5, 5.41) is 16.1. The Kier molecular flexibility index (Phi) is 33.9. The number of amides is 2. The predicted octanol–water partition coefficient (Wildman–Crippen LogP) is 11.7. The molecule has 9 heteroatoms. The fourth-order valence-corrected chi connectivity index (χ4v) is 6.45. The van der Waals surface area contributed by atoms with E-state index in [4.69, 9.17) is 18.9 Å². The van der Waals surface area contributed by atoms with Crippen LogP contribution in [0.5, 0.6) is 0 Å². The number of carbonyl (C=O) groups excluding carboxylic acids is 2. The van der Waals surface area contributed by atoms with Crippen LogP contribution in [0.1, 0.15) is 222 Å². The lowest BCUT2D eigenvalue weighted by Crippen LogP contribution is -2.50. The first-order valence-corrected chi connectivity index (χ1v) is 22.6. The first-order chi connectivity index (χ1) is 25.8. The molecule has 3 N–H and O–H groups in total. The highest BCUT2D eigenvalue weighted by molar-refractivity contribution is 5.85. The Balaban J connectivity index is 4.86. The lowest BCUT2D eigenvalue weighted by Gasteiger charge is -2.27. The van der Waals surface area contributed by atoms with E-state index in [0.717, 1.165) is 19.3 Å². The third kappa shape index (κ3) is 37.5. The Morgan fingerprint density at radius 2 is 1.00 bits per heavy atom. The molecule has 0 rings (SSSR count). The van der Waals surface area contributed by atoms with Crippen molar-refractivity contribution in [2.45, 2.75) is 252 Å². The van der Waals surface area contributed by atoms with Gasteiger partial charge in [0.2, 0.25) is 5.91 Å². The van der Waals surface area contributed by atoms with Gasteiger partial charge in [0, 0.05) is 26.2 Å². The summed E-state index contributed by atoms with van der Waals surface area (Å²) >= 11 is 0. The summed E-state index contributed by atoms with van der Waals surface area (Å²) in [6, 6.07) is -0.906. The van der Waals surface area contributed by atoms with Crippen molar-refractivity contribution >= 4 is 12.0 Å². The normalized spacial score (nSPS) is 13.8. The van der Waals surface area contributed by atoms with Crippen LogP contribution in [-0.2, 0) is 23.7 Å². The zero-order valence-electron chi connectivity index (χ0n) is 36.8. The van der Waals surface area contributed by atoms with Crippen LogP contribution in [0.25, 0.3) is 0 Å². The van der Waals surface area contributed by atoms with E-state index in [-0.39, 0.29) is 31.4 Å². The third-order valence-corrected chi connectivity index (χ3v) is 9.50. The van der Waals surface area contributed by atoms with Crippen molar-refractivity contribution in [1.29, 1.82) is 0 Å². The molecule has 0 aliphatic carbocycles. The molecule has 54 heavy (non-hydrogen) atoms. The maximum Gasteiger partial charge on any atom is 0.408 e. The van der Waals surface area contributed by atoms with Crippen LogP contribution >= 0.6 is 0 Å². The fourth-order valence-electron chi connectivity index (χ4n) is 6.45. The minimum Gasteiger partial charge on any atom is -0.444 e. The SMILES string of the molecule is CCCCCCCCCCCCCCOCC(CNC(=O)[C@H](CCC(O)OC(C)(C)C)NC(=O)OC(C)(C)C)OCCCCCCCCCCCCCC. The van der Waals surface area contributed by atoms with E-state index in [2.05, 4.69) is 24.5 Å². The first-order valence-electron chi connectivity index (χ1n) is 22.6. The van der Waals surface area contributed by atoms with E-state index in [0.29, 0.717) is 19.8 Å². The van der Waals surface area contributed by atoms with Crippen LogP contribution < -0.4 is 10.6 Å². The quantitative estimate of drug-likeness (QED) is 0.0425. The zero-order valence-corrected chi connectivity index (χ0v) is 36.8. The van der Waals surface area contributed by atoms with Crippen molar-refractivity contribution in [3.05, 3.63) is 0 Å². The van der Waals surface area contributed by atoms with Gasteiger partial charge >= 0.3 is 6.09 Å². The van der Waals surface area contributed by atoms with E-state index < -0.39 is 29.6 Å². The standard InChI is InChI=1S/C45H90N2O7/c1-9-11-13-15-17-19-21-23-25-27-29-31-35-51-38-39(52-36-32-30-28-26-24-22-20-18-16-14-12-10-2)37-46-42(49)40(47-43(50)54-45(6,7)8)33-34-41(48)53-44(3,4)5/h39-41,48H,9-38H2,1-8H3,(H,46,49)(H,47,50)/t39?,40-,41?/m0/s1. The van der Waals surface area contributed by atoms with E-state index in [1.807, 2.05) is 20.8 Å². The van der Waals surface area contributed by atoms with Gasteiger partial charge in [0.1, 0.15) is 11.6 Å². The molecule has 0 fully saturated rings. The zero-order chi connectivity index (χ0) is 40.3. The number of unbranched alkanes of at least 4 members (excludes halogenated alkanes) is 22. The van der Waals surface area contributed by atoms with E-state index in [1.165, 1.54) is 135 Å². The maximum atomic E-state index is 13.4. The van der Waals surface area contributed by atoms with Crippen molar-refractivity contribution in [1.82, 2.24) is 10.6 Å². The van der Waals surface area contributed by atoms with Gasteiger partial charge in [0.05, 0.1) is 18.3 Å². The second kappa shape index (κ2) is 34.8. The van der Waals surface area contributed by atoms with Gasteiger partial charge in [-0.2, -0.15) is 0 Å². The molecule has 322 valence electrons. The molecular formula is C45H90N2O7. The van der Waals surface area contributed by atoms with Gasteiger partial charge in [-0.25, -0.2) is 4.79 Å². The van der Waals surface area contributed by atoms with E-state index >= 15 is 0 Å². The number of aliphatic hydroxyl groups is 1. The summed E-state index contributed by atoms with van der Waals surface area (Å²) < 4.78 is 23.4. The van der Waals surface area contributed by atoms with Crippen molar-refractivity contribution in [3.63, 3.8) is 0 Å². The molecule has 0 aliphatic heterocycles. The van der Waals surface area contributed by atoms with Crippen LogP contribution in [0.3, 0.4) is 0 Å². The Morgan fingerprint density at radius 1 is 0.574 bits per heavy atom. The highest BCUT2D eigenvalue weighted by Crippen LogP contribution is 2.16. The van der Waals surface area contributed by atoms with Crippen LogP contribution in [0, 0.1) is 0 Å². The van der Waals surface area contributed by atoms with Crippen LogP contribution in [0.2, 0.25) is 0 Å². The maximum absolute atomic E-state index is 13.4. The molecule has 0 spiro atoms. The van der Waals surface area contributed by atoms with Crippen LogP contribution in [0.4, 0.5) is 4.79 Å². The molecule has 0 aromatic heterocycles. The monoisotopic (exact) mass is 771 g/mol. The average molecular weight is 771 g/mol. The summed E-state index contributed by atoms with van der Waals surface area (Å²) in [5.41, 5.74) is -1.25. The molecular weight excluding hydrogens is 681 g/mol. The molecule has 0 bridgehead atoms. The topological polar surface area (TPSA) is 115 Å². The smallest absolute Gasteiger partial charge is 0.408 e. The number of ether oxygens (including phenoxy) is 4. The molecule has 0 radical (unpaired) electrons. The second-order valence-corrected chi connectivity index (χ2v) is 17.6. The highest BCUT2D eigenvalue weighted by atomic mass is 16.6.